The first-order chi connectivity index (χ1) is 7.25. The van der Waals surface area contributed by atoms with E-state index in [9.17, 15) is 5.11 Å². The van der Waals surface area contributed by atoms with E-state index in [0.717, 1.165) is 12.3 Å². The normalized spacial score (nSPS) is 17.9. The van der Waals surface area contributed by atoms with E-state index in [4.69, 9.17) is 11.6 Å². The monoisotopic (exact) mass is 224 g/mol. The molecular formula is C13H17ClO. The third-order valence-electron chi connectivity index (χ3n) is 3.26. The van der Waals surface area contributed by atoms with Crippen molar-refractivity contribution in [3.63, 3.8) is 0 Å². The van der Waals surface area contributed by atoms with Gasteiger partial charge in [0.25, 0.3) is 0 Å². The Labute approximate surface area is 96.1 Å². The van der Waals surface area contributed by atoms with Gasteiger partial charge in [-0.2, -0.15) is 0 Å². The van der Waals surface area contributed by atoms with E-state index >= 15 is 0 Å². The van der Waals surface area contributed by atoms with Crippen LogP contribution in [0, 0.1) is 5.92 Å². The third kappa shape index (κ3) is 2.88. The number of hydrogen-bond donors (Lipinski definition) is 1. The van der Waals surface area contributed by atoms with Crippen molar-refractivity contribution in [2.24, 2.45) is 5.92 Å². The maximum Gasteiger partial charge on any atom is 0.134 e. The number of hydrogen-bond acceptors (Lipinski definition) is 1. The van der Waals surface area contributed by atoms with Crippen LogP contribution < -0.4 is 0 Å². The van der Waals surface area contributed by atoms with E-state index in [1.807, 2.05) is 6.07 Å². The Balaban J connectivity index is 2.00. The maximum atomic E-state index is 9.50. The number of phenolic OH excluding ortho intramolecular Hbond substituents is 1. The highest BCUT2D eigenvalue weighted by molar-refractivity contribution is 6.31. The van der Waals surface area contributed by atoms with Gasteiger partial charge in [0.05, 0.1) is 5.02 Å². The van der Waals surface area contributed by atoms with Crippen molar-refractivity contribution in [1.82, 2.24) is 0 Å². The van der Waals surface area contributed by atoms with Crippen LogP contribution in [0.2, 0.25) is 5.02 Å². The largest absolute Gasteiger partial charge is 0.506 e. The van der Waals surface area contributed by atoms with Gasteiger partial charge in [0, 0.05) is 0 Å². The Morgan fingerprint density at radius 2 is 1.93 bits per heavy atom. The highest BCUT2D eigenvalue weighted by Gasteiger charge is 2.14. The number of halogens is 1. The van der Waals surface area contributed by atoms with Gasteiger partial charge in [0.2, 0.25) is 0 Å². The molecule has 0 unspecified atom stereocenters. The number of aromatic hydroxyl groups is 1. The summed E-state index contributed by atoms with van der Waals surface area (Å²) in [6.07, 6.45) is 7.88. The fourth-order valence-electron chi connectivity index (χ4n) is 2.41. The molecule has 1 aromatic carbocycles. The molecule has 2 rings (SSSR count). The Morgan fingerprint density at radius 3 is 2.60 bits per heavy atom. The summed E-state index contributed by atoms with van der Waals surface area (Å²) < 4.78 is 0. The molecule has 1 N–H and O–H groups in total. The predicted octanol–water partition coefficient (Wildman–Crippen LogP) is 4.17. The lowest BCUT2D eigenvalue weighted by molar-refractivity contribution is 0.356. The van der Waals surface area contributed by atoms with E-state index in [-0.39, 0.29) is 5.75 Å². The van der Waals surface area contributed by atoms with Crippen LogP contribution in [0.15, 0.2) is 18.2 Å². The van der Waals surface area contributed by atoms with Gasteiger partial charge in [-0.05, 0) is 30.0 Å². The average Bonchev–Trinajstić information content (AvgIpc) is 2.25. The summed E-state index contributed by atoms with van der Waals surface area (Å²) in [4.78, 5) is 0. The molecule has 82 valence electrons. The molecule has 0 radical (unpaired) electrons. The van der Waals surface area contributed by atoms with Gasteiger partial charge in [0.15, 0.2) is 0 Å². The van der Waals surface area contributed by atoms with Crippen LogP contribution in [0.5, 0.6) is 5.75 Å². The Kier molecular flexibility index (Phi) is 3.53. The van der Waals surface area contributed by atoms with Crippen molar-refractivity contribution in [3.8, 4) is 5.75 Å². The van der Waals surface area contributed by atoms with Gasteiger partial charge in [-0.3, -0.25) is 0 Å². The molecule has 0 atom stereocenters. The topological polar surface area (TPSA) is 20.2 Å². The highest BCUT2D eigenvalue weighted by Crippen LogP contribution is 2.29. The van der Waals surface area contributed by atoms with Gasteiger partial charge in [-0.15, -0.1) is 0 Å². The maximum absolute atomic E-state index is 9.50. The Hall–Kier alpha value is -0.690. The minimum absolute atomic E-state index is 0.213. The van der Waals surface area contributed by atoms with Crippen molar-refractivity contribution in [1.29, 1.82) is 0 Å². The van der Waals surface area contributed by atoms with E-state index in [0.29, 0.717) is 5.02 Å². The summed E-state index contributed by atoms with van der Waals surface area (Å²) in [7, 11) is 0. The van der Waals surface area contributed by atoms with Crippen molar-refractivity contribution in [2.75, 3.05) is 0 Å². The quantitative estimate of drug-likeness (QED) is 0.800. The summed E-state index contributed by atoms with van der Waals surface area (Å²) >= 11 is 5.77. The van der Waals surface area contributed by atoms with Gasteiger partial charge in [-0.1, -0.05) is 49.8 Å². The highest BCUT2D eigenvalue weighted by atomic mass is 35.5. The molecular weight excluding hydrogens is 208 g/mol. The molecule has 0 aliphatic heterocycles. The van der Waals surface area contributed by atoms with Crippen molar-refractivity contribution >= 4 is 11.6 Å². The summed E-state index contributed by atoms with van der Waals surface area (Å²) in [5.41, 5.74) is 1.21. The second-order valence-electron chi connectivity index (χ2n) is 4.49. The Bertz CT molecular complexity index is 329. The van der Waals surface area contributed by atoms with Crippen LogP contribution >= 0.6 is 11.6 Å². The first-order valence-corrected chi connectivity index (χ1v) is 6.11. The zero-order valence-electron chi connectivity index (χ0n) is 8.88. The molecule has 15 heavy (non-hydrogen) atoms. The molecule has 0 spiro atoms. The molecule has 0 aromatic heterocycles. The minimum Gasteiger partial charge on any atom is -0.506 e. The molecule has 1 aliphatic rings. The lowest BCUT2D eigenvalue weighted by Gasteiger charge is -2.21. The number of phenols is 1. The lowest BCUT2D eigenvalue weighted by Crippen LogP contribution is -2.09. The van der Waals surface area contributed by atoms with E-state index < -0.39 is 0 Å². The molecule has 1 nitrogen and oxygen atoms in total. The Morgan fingerprint density at radius 1 is 1.20 bits per heavy atom. The summed E-state index contributed by atoms with van der Waals surface area (Å²) in [5, 5.41) is 9.94. The molecule has 2 heteroatoms. The lowest BCUT2D eigenvalue weighted by atomic mass is 9.85. The third-order valence-corrected chi connectivity index (χ3v) is 3.58. The fraction of sp³-hybridized carbons (Fsp3) is 0.538. The molecule has 0 bridgehead atoms. The van der Waals surface area contributed by atoms with E-state index in [1.54, 1.807) is 12.1 Å². The molecule has 0 saturated heterocycles. The van der Waals surface area contributed by atoms with Gasteiger partial charge in [0.1, 0.15) is 5.75 Å². The molecule has 1 saturated carbocycles. The van der Waals surface area contributed by atoms with Crippen molar-refractivity contribution in [3.05, 3.63) is 28.8 Å². The standard InChI is InChI=1S/C13H17ClO/c14-12-7-6-11(9-13(12)15)8-10-4-2-1-3-5-10/h6-7,9-10,15H,1-5,8H2. The first kappa shape index (κ1) is 10.8. The molecule has 1 fully saturated rings. The van der Waals surface area contributed by atoms with Crippen LogP contribution in [0.25, 0.3) is 0 Å². The van der Waals surface area contributed by atoms with Gasteiger partial charge >= 0.3 is 0 Å². The zero-order valence-corrected chi connectivity index (χ0v) is 9.63. The number of rotatable bonds is 2. The molecule has 0 amide bonds. The first-order valence-electron chi connectivity index (χ1n) is 5.73. The van der Waals surface area contributed by atoms with Crippen LogP contribution in [0.1, 0.15) is 37.7 Å². The van der Waals surface area contributed by atoms with Crippen molar-refractivity contribution in [2.45, 2.75) is 38.5 Å². The predicted molar refractivity (Wildman–Crippen MR) is 63.4 cm³/mol. The second-order valence-corrected chi connectivity index (χ2v) is 4.90. The zero-order chi connectivity index (χ0) is 10.7. The van der Waals surface area contributed by atoms with E-state index in [1.165, 1.54) is 37.7 Å². The number of benzene rings is 1. The summed E-state index contributed by atoms with van der Waals surface area (Å²) in [5.74, 6) is 1.02. The SMILES string of the molecule is Oc1cc(CC2CCCCC2)ccc1Cl. The van der Waals surface area contributed by atoms with Gasteiger partial charge < -0.3 is 5.11 Å². The van der Waals surface area contributed by atoms with Gasteiger partial charge in [-0.25, -0.2) is 0 Å². The second kappa shape index (κ2) is 4.89. The van der Waals surface area contributed by atoms with Crippen LogP contribution in [0.4, 0.5) is 0 Å². The smallest absolute Gasteiger partial charge is 0.134 e. The summed E-state index contributed by atoms with van der Waals surface area (Å²) in [6, 6.07) is 5.61. The van der Waals surface area contributed by atoms with Crippen LogP contribution in [-0.2, 0) is 6.42 Å². The fourth-order valence-corrected chi connectivity index (χ4v) is 2.53. The van der Waals surface area contributed by atoms with E-state index in [2.05, 4.69) is 0 Å². The minimum atomic E-state index is 0.213. The molecule has 0 heterocycles. The van der Waals surface area contributed by atoms with Crippen molar-refractivity contribution < 1.29 is 5.11 Å². The molecule has 1 aliphatic carbocycles. The summed E-state index contributed by atoms with van der Waals surface area (Å²) in [6.45, 7) is 0. The van der Waals surface area contributed by atoms with Crippen LogP contribution in [0.3, 0.4) is 0 Å². The van der Waals surface area contributed by atoms with Crippen LogP contribution in [-0.4, -0.2) is 5.11 Å². The average molecular weight is 225 g/mol. The molecule has 1 aromatic rings.